The van der Waals surface area contributed by atoms with Crippen molar-refractivity contribution in [3.63, 3.8) is 0 Å². The normalized spacial score (nSPS) is 12.3. The van der Waals surface area contributed by atoms with Gasteiger partial charge in [-0.05, 0) is 32.0 Å². The van der Waals surface area contributed by atoms with E-state index in [1.165, 1.54) is 11.8 Å². The minimum absolute atomic E-state index is 0.0363. The van der Waals surface area contributed by atoms with Crippen molar-refractivity contribution >= 4 is 22.7 Å². The molecule has 0 bridgehead atoms. The van der Waals surface area contributed by atoms with Crippen LogP contribution >= 0.6 is 11.8 Å². The Bertz CT molecular complexity index is 971. The summed E-state index contributed by atoms with van der Waals surface area (Å²) < 4.78 is 12.7. The highest BCUT2D eigenvalue weighted by atomic mass is 32.2. The smallest absolute Gasteiger partial charge is 0.262 e. The predicted octanol–water partition coefficient (Wildman–Crippen LogP) is 4.29. The van der Waals surface area contributed by atoms with Gasteiger partial charge in [0.05, 0.1) is 30.2 Å². The average molecular weight is 385 g/mol. The highest BCUT2D eigenvalue weighted by molar-refractivity contribution is 7.98. The summed E-state index contributed by atoms with van der Waals surface area (Å²) in [5.74, 6) is 1.54. The van der Waals surface area contributed by atoms with Crippen molar-refractivity contribution in [2.75, 3.05) is 20.3 Å². The van der Waals surface area contributed by atoms with Crippen LogP contribution in [0.1, 0.15) is 25.5 Å². The second-order valence-corrected chi connectivity index (χ2v) is 7.16. The molecular weight excluding hydrogens is 360 g/mol. The first-order valence-electron chi connectivity index (χ1n) is 8.99. The molecule has 3 aromatic rings. The lowest BCUT2D eigenvalue weighted by atomic mass is 10.2. The first-order valence-corrected chi connectivity index (χ1v) is 9.98. The van der Waals surface area contributed by atoms with Crippen LogP contribution in [0.3, 0.4) is 0 Å². The molecule has 0 aliphatic carbocycles. The van der Waals surface area contributed by atoms with Crippen molar-refractivity contribution < 1.29 is 9.47 Å². The van der Waals surface area contributed by atoms with Gasteiger partial charge < -0.3 is 9.47 Å². The summed E-state index contributed by atoms with van der Waals surface area (Å²) in [7, 11) is 1.64. The summed E-state index contributed by atoms with van der Waals surface area (Å²) in [6, 6.07) is 15.3. The molecule has 0 N–H and O–H groups in total. The molecule has 0 aliphatic rings. The number of fused-ring (bicyclic) bond motifs is 1. The SMILES string of the molecule is CCOc1ccccc1CSc1nc2ccccc2c(=O)n1[C@H](C)COC. The van der Waals surface area contributed by atoms with Crippen LogP contribution in [-0.2, 0) is 10.5 Å². The highest BCUT2D eigenvalue weighted by Crippen LogP contribution is 2.28. The Hall–Kier alpha value is -2.31. The van der Waals surface area contributed by atoms with Gasteiger partial charge >= 0.3 is 0 Å². The molecule has 0 radical (unpaired) electrons. The van der Waals surface area contributed by atoms with Gasteiger partial charge in [-0.3, -0.25) is 9.36 Å². The molecule has 1 heterocycles. The topological polar surface area (TPSA) is 53.3 Å². The third-order valence-corrected chi connectivity index (χ3v) is 5.25. The number of aromatic nitrogens is 2. The zero-order valence-electron chi connectivity index (χ0n) is 15.8. The van der Waals surface area contributed by atoms with Crippen molar-refractivity contribution in [1.82, 2.24) is 9.55 Å². The fourth-order valence-electron chi connectivity index (χ4n) is 2.99. The molecule has 2 aromatic carbocycles. The number of benzene rings is 2. The number of para-hydroxylation sites is 2. The van der Waals surface area contributed by atoms with Gasteiger partial charge in [-0.2, -0.15) is 0 Å². The standard InChI is InChI=1S/C21H24N2O3S/c1-4-26-19-12-8-5-9-16(19)14-27-21-22-18-11-7-6-10-17(18)20(24)23(21)15(2)13-25-3/h5-12,15H,4,13-14H2,1-3H3/t15-/m1/s1. The van der Waals surface area contributed by atoms with E-state index in [2.05, 4.69) is 0 Å². The molecule has 0 unspecified atom stereocenters. The van der Waals surface area contributed by atoms with Crippen LogP contribution in [-0.4, -0.2) is 29.9 Å². The maximum absolute atomic E-state index is 13.1. The zero-order chi connectivity index (χ0) is 19.2. The van der Waals surface area contributed by atoms with Crippen LogP contribution in [0.2, 0.25) is 0 Å². The van der Waals surface area contributed by atoms with E-state index < -0.39 is 0 Å². The molecule has 5 nitrogen and oxygen atoms in total. The van der Waals surface area contributed by atoms with Crippen LogP contribution in [0.4, 0.5) is 0 Å². The Morgan fingerprint density at radius 1 is 1.15 bits per heavy atom. The molecule has 3 rings (SSSR count). The molecule has 0 aliphatic heterocycles. The second kappa shape index (κ2) is 9.06. The van der Waals surface area contributed by atoms with Gasteiger partial charge in [0.15, 0.2) is 5.16 Å². The van der Waals surface area contributed by atoms with Crippen molar-refractivity contribution in [2.45, 2.75) is 30.8 Å². The van der Waals surface area contributed by atoms with Crippen molar-refractivity contribution in [1.29, 1.82) is 0 Å². The number of hydrogen-bond acceptors (Lipinski definition) is 5. The molecular formula is C21H24N2O3S. The molecule has 0 amide bonds. The van der Waals surface area contributed by atoms with Crippen LogP contribution in [0.15, 0.2) is 58.5 Å². The Balaban J connectivity index is 2.00. The van der Waals surface area contributed by atoms with E-state index in [-0.39, 0.29) is 11.6 Å². The molecule has 6 heteroatoms. The Labute approximate surface area is 163 Å². The molecule has 27 heavy (non-hydrogen) atoms. The van der Waals surface area contributed by atoms with Gasteiger partial charge in [0.1, 0.15) is 5.75 Å². The van der Waals surface area contributed by atoms with Crippen molar-refractivity contribution in [3.05, 3.63) is 64.4 Å². The minimum atomic E-state index is -0.107. The Morgan fingerprint density at radius 2 is 1.89 bits per heavy atom. The lowest BCUT2D eigenvalue weighted by Gasteiger charge is -2.19. The second-order valence-electron chi connectivity index (χ2n) is 6.22. The predicted molar refractivity (Wildman–Crippen MR) is 110 cm³/mol. The van der Waals surface area contributed by atoms with Crippen LogP contribution in [0, 0.1) is 0 Å². The number of rotatable bonds is 8. The lowest BCUT2D eigenvalue weighted by Crippen LogP contribution is -2.28. The number of nitrogens with zero attached hydrogens (tertiary/aromatic N) is 2. The lowest BCUT2D eigenvalue weighted by molar-refractivity contribution is 0.156. The summed E-state index contributed by atoms with van der Waals surface area (Å²) in [5, 5.41) is 1.31. The van der Waals surface area contributed by atoms with Gasteiger partial charge in [0.2, 0.25) is 0 Å². The van der Waals surface area contributed by atoms with E-state index in [1.54, 1.807) is 11.7 Å². The summed E-state index contributed by atoms with van der Waals surface area (Å²) in [5.41, 5.74) is 1.76. The first-order chi connectivity index (χ1) is 13.2. The average Bonchev–Trinajstić information content (AvgIpc) is 2.68. The Kier molecular flexibility index (Phi) is 6.53. The maximum Gasteiger partial charge on any atom is 0.262 e. The molecule has 0 fully saturated rings. The number of ether oxygens (including phenoxy) is 2. The van der Waals surface area contributed by atoms with Gasteiger partial charge in [-0.25, -0.2) is 4.98 Å². The fraction of sp³-hybridized carbons (Fsp3) is 0.333. The molecule has 1 atom stereocenters. The quantitative estimate of drug-likeness (QED) is 0.428. The highest BCUT2D eigenvalue weighted by Gasteiger charge is 2.17. The van der Waals surface area contributed by atoms with Crippen LogP contribution in [0.5, 0.6) is 5.75 Å². The largest absolute Gasteiger partial charge is 0.494 e. The molecule has 0 saturated heterocycles. The van der Waals surface area contributed by atoms with E-state index >= 15 is 0 Å². The van der Waals surface area contributed by atoms with E-state index in [0.717, 1.165) is 11.3 Å². The molecule has 0 saturated carbocycles. The third-order valence-electron chi connectivity index (χ3n) is 4.25. The summed E-state index contributed by atoms with van der Waals surface area (Å²) in [6.45, 7) is 5.01. The third kappa shape index (κ3) is 4.34. The van der Waals surface area contributed by atoms with Gasteiger partial charge in [-0.1, -0.05) is 42.1 Å². The van der Waals surface area contributed by atoms with Crippen molar-refractivity contribution in [3.8, 4) is 5.75 Å². The van der Waals surface area contributed by atoms with Crippen LogP contribution in [0.25, 0.3) is 10.9 Å². The first kappa shape index (κ1) is 19.5. The maximum atomic E-state index is 13.1. The monoisotopic (exact) mass is 384 g/mol. The van der Waals surface area contributed by atoms with Gasteiger partial charge in [0.25, 0.3) is 5.56 Å². The number of methoxy groups -OCH3 is 1. The van der Waals surface area contributed by atoms with Gasteiger partial charge in [0, 0.05) is 18.4 Å². The van der Waals surface area contributed by atoms with Crippen molar-refractivity contribution in [2.24, 2.45) is 0 Å². The molecule has 1 aromatic heterocycles. The Morgan fingerprint density at radius 3 is 2.67 bits per heavy atom. The van der Waals surface area contributed by atoms with E-state index in [0.29, 0.717) is 35.0 Å². The zero-order valence-corrected chi connectivity index (χ0v) is 16.7. The summed E-state index contributed by atoms with van der Waals surface area (Å²) in [4.78, 5) is 17.8. The van der Waals surface area contributed by atoms with Crippen LogP contribution < -0.4 is 10.3 Å². The fourth-order valence-corrected chi connectivity index (χ4v) is 4.08. The summed E-state index contributed by atoms with van der Waals surface area (Å²) in [6.07, 6.45) is 0. The van der Waals surface area contributed by atoms with Gasteiger partial charge in [-0.15, -0.1) is 0 Å². The summed E-state index contributed by atoms with van der Waals surface area (Å²) >= 11 is 1.54. The molecule has 142 valence electrons. The number of thioether (sulfide) groups is 1. The molecule has 0 spiro atoms. The minimum Gasteiger partial charge on any atom is -0.494 e. The van der Waals surface area contributed by atoms with E-state index in [1.807, 2.05) is 62.4 Å². The van der Waals surface area contributed by atoms with E-state index in [4.69, 9.17) is 14.5 Å². The van der Waals surface area contributed by atoms with E-state index in [9.17, 15) is 4.79 Å². The number of hydrogen-bond donors (Lipinski definition) is 0.